The lowest BCUT2D eigenvalue weighted by Crippen LogP contribution is -2.34. The second-order valence-electron chi connectivity index (χ2n) is 6.05. The van der Waals surface area contributed by atoms with Crippen LogP contribution in [0.15, 0.2) is 18.2 Å². The lowest BCUT2D eigenvalue weighted by atomic mass is 9.67. The first-order valence-corrected chi connectivity index (χ1v) is 8.20. The van der Waals surface area contributed by atoms with E-state index in [2.05, 4.69) is 23.6 Å². The van der Waals surface area contributed by atoms with E-state index in [1.165, 1.54) is 25.7 Å². The van der Waals surface area contributed by atoms with Crippen molar-refractivity contribution in [3.8, 4) is 6.07 Å². The minimum absolute atomic E-state index is 0.414. The molecule has 0 radical (unpaired) electrons. The first-order chi connectivity index (χ1) is 10.2. The summed E-state index contributed by atoms with van der Waals surface area (Å²) in [5, 5.41) is 9.28. The first kappa shape index (κ1) is 14.4. The summed E-state index contributed by atoms with van der Waals surface area (Å²) in [5.41, 5.74) is 2.97. The Bertz CT molecular complexity index is 686. The molecule has 0 bridgehead atoms. The van der Waals surface area contributed by atoms with Crippen LogP contribution in [0, 0.1) is 16.7 Å². The largest absolute Gasteiger partial charge is 0.327 e. The van der Waals surface area contributed by atoms with Crippen LogP contribution in [-0.2, 0) is 13.0 Å². The number of imidazole rings is 1. The third-order valence-electron chi connectivity index (χ3n) is 4.95. The van der Waals surface area contributed by atoms with E-state index in [9.17, 15) is 5.26 Å². The second-order valence-corrected chi connectivity index (χ2v) is 6.42. The van der Waals surface area contributed by atoms with Gasteiger partial charge in [-0.05, 0) is 36.8 Å². The molecule has 1 aromatic heterocycles. The van der Waals surface area contributed by atoms with E-state index < -0.39 is 0 Å². The van der Waals surface area contributed by atoms with Gasteiger partial charge in [-0.2, -0.15) is 5.26 Å². The number of nitriles is 1. The fourth-order valence-corrected chi connectivity index (χ4v) is 3.54. The summed E-state index contributed by atoms with van der Waals surface area (Å²) >= 11 is 5.94. The Morgan fingerprint density at radius 3 is 2.81 bits per heavy atom. The molecule has 1 saturated carbocycles. The van der Waals surface area contributed by atoms with E-state index in [-0.39, 0.29) is 0 Å². The maximum absolute atomic E-state index is 9.28. The van der Waals surface area contributed by atoms with E-state index in [0.717, 1.165) is 29.8 Å². The van der Waals surface area contributed by atoms with Gasteiger partial charge in [0.15, 0.2) is 0 Å². The van der Waals surface area contributed by atoms with Gasteiger partial charge in [-0.3, -0.25) is 0 Å². The Hall–Kier alpha value is -1.53. The number of benzene rings is 1. The predicted octanol–water partition coefficient (Wildman–Crippen LogP) is 4.27. The molecule has 3 nitrogen and oxygen atoms in total. The summed E-state index contributed by atoms with van der Waals surface area (Å²) in [6, 6.07) is 8.10. The van der Waals surface area contributed by atoms with Crippen LogP contribution in [0.2, 0.25) is 0 Å². The van der Waals surface area contributed by atoms with Gasteiger partial charge in [0.1, 0.15) is 17.4 Å². The summed E-state index contributed by atoms with van der Waals surface area (Å²) in [6.07, 6.45) is 5.86. The van der Waals surface area contributed by atoms with Gasteiger partial charge in [0.05, 0.1) is 11.1 Å². The molecule has 0 N–H and O–H groups in total. The number of nitrogens with zero attached hydrogens (tertiary/aromatic N) is 3. The minimum Gasteiger partial charge on any atom is -0.327 e. The Morgan fingerprint density at radius 1 is 1.43 bits per heavy atom. The average Bonchev–Trinajstić information content (AvgIpc) is 2.80. The SMILES string of the molecule is CCC1(Cn2c(CCCl)nc3c(C#N)cccc32)CCC1. The van der Waals surface area contributed by atoms with Gasteiger partial charge in [0.25, 0.3) is 0 Å². The van der Waals surface area contributed by atoms with Crippen LogP contribution in [0.25, 0.3) is 11.0 Å². The Kier molecular flexibility index (Phi) is 3.91. The van der Waals surface area contributed by atoms with E-state index >= 15 is 0 Å². The molecule has 0 aliphatic heterocycles. The average molecular weight is 302 g/mol. The van der Waals surface area contributed by atoms with Crippen molar-refractivity contribution >= 4 is 22.6 Å². The van der Waals surface area contributed by atoms with Crippen molar-refractivity contribution < 1.29 is 0 Å². The summed E-state index contributed by atoms with van der Waals surface area (Å²) < 4.78 is 2.31. The molecule has 0 saturated heterocycles. The van der Waals surface area contributed by atoms with E-state index in [4.69, 9.17) is 16.6 Å². The van der Waals surface area contributed by atoms with E-state index in [1.54, 1.807) is 0 Å². The highest BCUT2D eigenvalue weighted by Gasteiger charge is 2.36. The van der Waals surface area contributed by atoms with Gasteiger partial charge < -0.3 is 4.57 Å². The van der Waals surface area contributed by atoms with Crippen LogP contribution >= 0.6 is 11.6 Å². The molecule has 0 unspecified atom stereocenters. The molecule has 0 atom stereocenters. The lowest BCUT2D eigenvalue weighted by Gasteiger charge is -2.42. The van der Waals surface area contributed by atoms with Crippen molar-refractivity contribution in [3.63, 3.8) is 0 Å². The Balaban J connectivity index is 2.10. The Morgan fingerprint density at radius 2 is 2.24 bits per heavy atom. The standard InChI is InChI=1S/C17H20ClN3/c1-2-17(8-4-9-17)12-21-14-6-3-5-13(11-19)16(14)20-15(21)7-10-18/h3,5-6H,2,4,7-10,12H2,1H3. The van der Waals surface area contributed by atoms with Gasteiger partial charge in [-0.1, -0.05) is 19.4 Å². The summed E-state index contributed by atoms with van der Waals surface area (Å²) in [7, 11) is 0. The number of halogens is 1. The first-order valence-electron chi connectivity index (χ1n) is 7.67. The molecular formula is C17H20ClN3. The maximum atomic E-state index is 9.28. The van der Waals surface area contributed by atoms with E-state index in [0.29, 0.717) is 16.9 Å². The summed E-state index contributed by atoms with van der Waals surface area (Å²) in [5.74, 6) is 1.58. The van der Waals surface area contributed by atoms with Crippen molar-refractivity contribution in [2.45, 2.75) is 45.6 Å². The third kappa shape index (κ3) is 2.42. The molecule has 0 spiro atoms. The topological polar surface area (TPSA) is 41.6 Å². The van der Waals surface area contributed by atoms with Crippen LogP contribution in [0.1, 0.15) is 44.0 Å². The zero-order valence-electron chi connectivity index (χ0n) is 12.4. The molecule has 2 aromatic rings. The molecule has 1 aliphatic carbocycles. The Labute approximate surface area is 130 Å². The molecule has 0 amide bonds. The van der Waals surface area contributed by atoms with Crippen LogP contribution in [-0.4, -0.2) is 15.4 Å². The van der Waals surface area contributed by atoms with Crippen LogP contribution in [0.3, 0.4) is 0 Å². The van der Waals surface area contributed by atoms with Gasteiger partial charge in [-0.25, -0.2) is 4.98 Å². The van der Waals surface area contributed by atoms with Crippen molar-refractivity contribution in [2.75, 3.05) is 5.88 Å². The van der Waals surface area contributed by atoms with Gasteiger partial charge in [0, 0.05) is 18.8 Å². The second kappa shape index (κ2) is 5.69. The number of aromatic nitrogens is 2. The molecule has 1 heterocycles. The van der Waals surface area contributed by atoms with Crippen molar-refractivity contribution in [2.24, 2.45) is 5.41 Å². The van der Waals surface area contributed by atoms with Crippen LogP contribution in [0.5, 0.6) is 0 Å². The zero-order valence-corrected chi connectivity index (χ0v) is 13.2. The summed E-state index contributed by atoms with van der Waals surface area (Å²) in [4.78, 5) is 4.71. The molecular weight excluding hydrogens is 282 g/mol. The van der Waals surface area contributed by atoms with Crippen molar-refractivity contribution in [1.82, 2.24) is 9.55 Å². The lowest BCUT2D eigenvalue weighted by molar-refractivity contribution is 0.101. The van der Waals surface area contributed by atoms with Gasteiger partial charge >= 0.3 is 0 Å². The third-order valence-corrected chi connectivity index (χ3v) is 5.14. The predicted molar refractivity (Wildman–Crippen MR) is 85.4 cm³/mol. The number of hydrogen-bond donors (Lipinski definition) is 0. The highest BCUT2D eigenvalue weighted by Crippen LogP contribution is 2.45. The number of aryl methyl sites for hydroxylation is 1. The minimum atomic E-state index is 0.414. The monoisotopic (exact) mass is 301 g/mol. The van der Waals surface area contributed by atoms with Crippen LogP contribution < -0.4 is 0 Å². The summed E-state index contributed by atoms with van der Waals surface area (Å²) in [6.45, 7) is 3.28. The number of fused-ring (bicyclic) bond motifs is 1. The number of para-hydroxylation sites is 1. The highest BCUT2D eigenvalue weighted by atomic mass is 35.5. The molecule has 1 aromatic carbocycles. The molecule has 1 fully saturated rings. The molecule has 4 heteroatoms. The number of rotatable bonds is 5. The van der Waals surface area contributed by atoms with Crippen molar-refractivity contribution in [1.29, 1.82) is 5.26 Å². The molecule has 21 heavy (non-hydrogen) atoms. The highest BCUT2D eigenvalue weighted by molar-refractivity contribution is 6.17. The maximum Gasteiger partial charge on any atom is 0.111 e. The molecule has 110 valence electrons. The van der Waals surface area contributed by atoms with Gasteiger partial charge in [0.2, 0.25) is 0 Å². The fraction of sp³-hybridized carbons (Fsp3) is 0.529. The molecule has 1 aliphatic rings. The zero-order chi connectivity index (χ0) is 14.9. The van der Waals surface area contributed by atoms with Crippen molar-refractivity contribution in [3.05, 3.63) is 29.6 Å². The number of alkyl halides is 1. The van der Waals surface area contributed by atoms with Gasteiger partial charge in [-0.15, -0.1) is 11.6 Å². The van der Waals surface area contributed by atoms with E-state index in [1.807, 2.05) is 12.1 Å². The fourth-order valence-electron chi connectivity index (χ4n) is 3.37. The number of hydrogen-bond acceptors (Lipinski definition) is 2. The normalized spacial score (nSPS) is 16.6. The smallest absolute Gasteiger partial charge is 0.111 e. The molecule has 3 rings (SSSR count). The van der Waals surface area contributed by atoms with Crippen LogP contribution in [0.4, 0.5) is 0 Å². The quantitative estimate of drug-likeness (QED) is 0.774.